The van der Waals surface area contributed by atoms with Crippen LogP contribution >= 0.6 is 0 Å². The molecule has 0 amide bonds. The zero-order valence-corrected chi connectivity index (χ0v) is 12.1. The number of hydrogen-bond acceptors (Lipinski definition) is 3. The Labute approximate surface area is 120 Å². The normalized spacial score (nSPS) is 16.8. The van der Waals surface area contributed by atoms with Crippen LogP contribution in [0.2, 0.25) is 0 Å². The average molecular weight is 267 g/mol. The zero-order chi connectivity index (χ0) is 14.1. The van der Waals surface area contributed by atoms with Crippen molar-refractivity contribution >= 4 is 17.1 Å². The summed E-state index contributed by atoms with van der Waals surface area (Å²) in [6, 6.07) is 15.2. The van der Waals surface area contributed by atoms with Crippen LogP contribution in [0.3, 0.4) is 0 Å². The van der Waals surface area contributed by atoms with Crippen molar-refractivity contribution in [2.24, 2.45) is 0 Å². The van der Waals surface area contributed by atoms with E-state index < -0.39 is 0 Å². The van der Waals surface area contributed by atoms with Gasteiger partial charge >= 0.3 is 0 Å². The van der Waals surface area contributed by atoms with Gasteiger partial charge in [-0.15, -0.1) is 0 Å². The minimum absolute atomic E-state index is 0.392. The quantitative estimate of drug-likeness (QED) is 0.837. The van der Waals surface area contributed by atoms with Gasteiger partial charge in [0.25, 0.3) is 0 Å². The van der Waals surface area contributed by atoms with Crippen LogP contribution in [0.1, 0.15) is 23.6 Å². The van der Waals surface area contributed by atoms with Gasteiger partial charge in [-0.05, 0) is 54.3 Å². The van der Waals surface area contributed by atoms with Crippen molar-refractivity contribution in [1.29, 1.82) is 0 Å². The van der Waals surface area contributed by atoms with Gasteiger partial charge in [-0.2, -0.15) is 0 Å². The third kappa shape index (κ3) is 2.44. The van der Waals surface area contributed by atoms with Crippen molar-refractivity contribution in [2.75, 3.05) is 30.0 Å². The van der Waals surface area contributed by atoms with E-state index in [2.05, 4.69) is 60.7 Å². The number of nitrogen functional groups attached to an aromatic ring is 1. The van der Waals surface area contributed by atoms with Gasteiger partial charge in [-0.1, -0.05) is 12.1 Å². The van der Waals surface area contributed by atoms with E-state index in [1.807, 2.05) is 6.07 Å². The lowest BCUT2D eigenvalue weighted by atomic mass is 10.1. The van der Waals surface area contributed by atoms with Crippen molar-refractivity contribution in [3.8, 4) is 0 Å². The molecule has 2 aromatic carbocycles. The van der Waals surface area contributed by atoms with E-state index in [-0.39, 0.29) is 0 Å². The fraction of sp³-hybridized carbons (Fsp3) is 0.294. The predicted octanol–water partition coefficient (Wildman–Crippen LogP) is 3.43. The number of aryl methyl sites for hydroxylation is 1. The Hall–Kier alpha value is -2.16. The zero-order valence-electron chi connectivity index (χ0n) is 12.1. The molecule has 3 rings (SSSR count). The number of hydrogen-bond donors (Lipinski definition) is 2. The van der Waals surface area contributed by atoms with Gasteiger partial charge in [0, 0.05) is 31.2 Å². The monoisotopic (exact) mass is 267 g/mol. The van der Waals surface area contributed by atoms with Crippen LogP contribution in [0.5, 0.6) is 0 Å². The van der Waals surface area contributed by atoms with Crippen LogP contribution in [0.15, 0.2) is 42.5 Å². The van der Waals surface area contributed by atoms with E-state index in [1.54, 1.807) is 0 Å². The van der Waals surface area contributed by atoms with E-state index in [9.17, 15) is 0 Å². The largest absolute Gasteiger partial charge is 0.399 e. The lowest BCUT2D eigenvalue weighted by Crippen LogP contribution is -2.10. The van der Waals surface area contributed by atoms with Gasteiger partial charge in [-0.3, -0.25) is 0 Å². The molecule has 0 radical (unpaired) electrons. The summed E-state index contributed by atoms with van der Waals surface area (Å²) in [7, 11) is 4.12. The molecule has 0 saturated heterocycles. The maximum absolute atomic E-state index is 5.86. The Kier molecular flexibility index (Phi) is 3.26. The smallest absolute Gasteiger partial charge is 0.0519 e. The predicted molar refractivity (Wildman–Crippen MR) is 86.3 cm³/mol. The molecule has 104 valence electrons. The Morgan fingerprint density at radius 2 is 2.00 bits per heavy atom. The van der Waals surface area contributed by atoms with Crippen LogP contribution in [-0.2, 0) is 6.42 Å². The summed E-state index contributed by atoms with van der Waals surface area (Å²) in [5, 5.41) is 3.64. The van der Waals surface area contributed by atoms with Crippen LogP contribution < -0.4 is 16.0 Å². The number of rotatable bonds is 3. The Morgan fingerprint density at radius 1 is 1.15 bits per heavy atom. The third-order valence-corrected chi connectivity index (χ3v) is 3.95. The Balaban J connectivity index is 1.82. The topological polar surface area (TPSA) is 41.3 Å². The molecule has 3 heteroatoms. The molecule has 0 aromatic heterocycles. The molecule has 1 atom stereocenters. The highest BCUT2D eigenvalue weighted by Crippen LogP contribution is 2.35. The highest BCUT2D eigenvalue weighted by atomic mass is 15.1. The fourth-order valence-electron chi connectivity index (χ4n) is 2.86. The molecule has 1 aliphatic carbocycles. The van der Waals surface area contributed by atoms with E-state index in [1.165, 1.54) is 22.5 Å². The lowest BCUT2D eigenvalue weighted by molar-refractivity contribution is 0.762. The summed E-state index contributed by atoms with van der Waals surface area (Å²) in [6.45, 7) is 0. The van der Waals surface area contributed by atoms with Crippen LogP contribution in [0.25, 0.3) is 0 Å². The summed E-state index contributed by atoms with van der Waals surface area (Å²) in [5.41, 5.74) is 11.9. The molecule has 1 aliphatic rings. The van der Waals surface area contributed by atoms with Gasteiger partial charge in [-0.25, -0.2) is 0 Å². The number of nitrogens with zero attached hydrogens (tertiary/aromatic N) is 1. The van der Waals surface area contributed by atoms with Gasteiger partial charge < -0.3 is 16.0 Å². The average Bonchev–Trinajstić information content (AvgIpc) is 2.81. The summed E-state index contributed by atoms with van der Waals surface area (Å²) in [6.07, 6.45) is 2.23. The summed E-state index contributed by atoms with van der Waals surface area (Å²) in [5.74, 6) is 0. The first kappa shape index (κ1) is 12.9. The van der Waals surface area contributed by atoms with E-state index in [4.69, 9.17) is 5.73 Å². The Morgan fingerprint density at radius 3 is 2.80 bits per heavy atom. The highest BCUT2D eigenvalue weighted by molar-refractivity contribution is 5.59. The number of benzene rings is 2. The van der Waals surface area contributed by atoms with Crippen molar-refractivity contribution in [3.63, 3.8) is 0 Å². The minimum Gasteiger partial charge on any atom is -0.399 e. The van der Waals surface area contributed by atoms with E-state index in [0.717, 1.165) is 18.5 Å². The second-order valence-electron chi connectivity index (χ2n) is 5.64. The SMILES string of the molecule is CN(C)c1cccc(NC2CCc3cc(N)ccc32)c1. The second-order valence-corrected chi connectivity index (χ2v) is 5.64. The second kappa shape index (κ2) is 5.08. The maximum Gasteiger partial charge on any atom is 0.0519 e. The van der Waals surface area contributed by atoms with E-state index >= 15 is 0 Å². The number of anilines is 3. The molecule has 0 aliphatic heterocycles. The van der Waals surface area contributed by atoms with Crippen molar-refractivity contribution in [3.05, 3.63) is 53.6 Å². The number of fused-ring (bicyclic) bond motifs is 1. The van der Waals surface area contributed by atoms with Gasteiger partial charge in [0.1, 0.15) is 0 Å². The first-order valence-corrected chi connectivity index (χ1v) is 7.06. The highest BCUT2D eigenvalue weighted by Gasteiger charge is 2.22. The third-order valence-electron chi connectivity index (χ3n) is 3.95. The minimum atomic E-state index is 0.392. The van der Waals surface area contributed by atoms with Crippen molar-refractivity contribution < 1.29 is 0 Å². The fourth-order valence-corrected chi connectivity index (χ4v) is 2.86. The first-order valence-electron chi connectivity index (χ1n) is 7.06. The molecule has 0 saturated carbocycles. The summed E-state index contributed by atoms with van der Waals surface area (Å²) < 4.78 is 0. The number of nitrogens with two attached hydrogens (primary N) is 1. The van der Waals surface area contributed by atoms with E-state index in [0.29, 0.717) is 6.04 Å². The summed E-state index contributed by atoms with van der Waals surface area (Å²) >= 11 is 0. The van der Waals surface area contributed by atoms with Crippen LogP contribution in [-0.4, -0.2) is 14.1 Å². The van der Waals surface area contributed by atoms with Gasteiger partial charge in [0.15, 0.2) is 0 Å². The molecule has 2 aromatic rings. The molecule has 1 unspecified atom stereocenters. The maximum atomic E-state index is 5.86. The lowest BCUT2D eigenvalue weighted by Gasteiger charge is -2.18. The standard InChI is InChI=1S/C17H21N3/c1-20(2)15-5-3-4-14(11-15)19-17-9-6-12-10-13(18)7-8-16(12)17/h3-5,7-8,10-11,17,19H,6,9,18H2,1-2H3. The molecule has 3 nitrogen and oxygen atoms in total. The van der Waals surface area contributed by atoms with Gasteiger partial charge in [0.05, 0.1) is 6.04 Å². The summed E-state index contributed by atoms with van der Waals surface area (Å²) in [4.78, 5) is 2.12. The molecule has 0 spiro atoms. The first-order chi connectivity index (χ1) is 9.63. The molecule has 0 fully saturated rings. The Bertz CT molecular complexity index is 619. The molecule has 0 bridgehead atoms. The number of nitrogens with one attached hydrogen (secondary N) is 1. The van der Waals surface area contributed by atoms with Gasteiger partial charge in [0.2, 0.25) is 0 Å². The van der Waals surface area contributed by atoms with Crippen molar-refractivity contribution in [2.45, 2.75) is 18.9 Å². The molecule has 0 heterocycles. The molecular weight excluding hydrogens is 246 g/mol. The molecule has 20 heavy (non-hydrogen) atoms. The van der Waals surface area contributed by atoms with Crippen molar-refractivity contribution in [1.82, 2.24) is 0 Å². The molecule has 3 N–H and O–H groups in total. The van der Waals surface area contributed by atoms with Crippen LogP contribution in [0, 0.1) is 0 Å². The molecular formula is C17H21N3. The van der Waals surface area contributed by atoms with Crippen LogP contribution in [0.4, 0.5) is 17.1 Å².